The van der Waals surface area contributed by atoms with Crippen LogP contribution in [0.2, 0.25) is 0 Å². The van der Waals surface area contributed by atoms with E-state index in [0.29, 0.717) is 25.4 Å². The fourth-order valence-electron chi connectivity index (χ4n) is 3.89. The molecule has 4 rings (SSSR count). The second-order valence-corrected chi connectivity index (χ2v) is 7.49. The normalized spacial score (nSPS) is 11.8. The molecule has 0 unspecified atom stereocenters. The molecule has 0 saturated heterocycles. The van der Waals surface area contributed by atoms with E-state index in [2.05, 4.69) is 52.8 Å². The summed E-state index contributed by atoms with van der Waals surface area (Å²) in [7, 11) is 0. The number of aromatic nitrogens is 2. The van der Waals surface area contributed by atoms with Crippen LogP contribution in [0.4, 0.5) is 11.5 Å². The second kappa shape index (κ2) is 9.22. The minimum atomic E-state index is 0.105. The van der Waals surface area contributed by atoms with Gasteiger partial charge in [-0.25, -0.2) is 0 Å². The summed E-state index contributed by atoms with van der Waals surface area (Å²) < 4.78 is 11.7. The van der Waals surface area contributed by atoms with E-state index < -0.39 is 0 Å². The molecule has 6 heteroatoms. The van der Waals surface area contributed by atoms with Crippen molar-refractivity contribution < 1.29 is 14.6 Å². The fourth-order valence-corrected chi connectivity index (χ4v) is 3.89. The molecule has 158 valence electrons. The quantitative estimate of drug-likeness (QED) is 0.328. The van der Waals surface area contributed by atoms with Gasteiger partial charge in [0.05, 0.1) is 18.9 Å². The Balaban J connectivity index is 1.60. The Morgan fingerprint density at radius 1 is 1.13 bits per heavy atom. The number of benzene rings is 2. The molecule has 0 spiro atoms. The minimum Gasteiger partial charge on any atom is -0.490 e. The number of rotatable bonds is 10. The Labute approximate surface area is 177 Å². The van der Waals surface area contributed by atoms with Crippen LogP contribution in [0.25, 0.3) is 11.3 Å². The van der Waals surface area contributed by atoms with Crippen molar-refractivity contribution in [3.63, 3.8) is 0 Å². The average molecular weight is 408 g/mol. The van der Waals surface area contributed by atoms with Gasteiger partial charge in [0.2, 0.25) is 0 Å². The molecule has 0 atom stereocenters. The Kier molecular flexibility index (Phi) is 6.23. The highest BCUT2D eigenvalue weighted by Gasteiger charge is 2.27. The number of nitrogens with zero attached hydrogens (tertiary/aromatic N) is 1. The van der Waals surface area contributed by atoms with Crippen molar-refractivity contribution in [3.8, 4) is 22.8 Å². The SMILES string of the molecule is CCCc1cccc(Nc2n[nH]c3c2Cc2cc(OCC)c(OCCCO)cc2-3)c1. The predicted molar refractivity (Wildman–Crippen MR) is 119 cm³/mol. The van der Waals surface area contributed by atoms with Crippen LogP contribution in [0, 0.1) is 0 Å². The number of fused-ring (bicyclic) bond motifs is 3. The van der Waals surface area contributed by atoms with E-state index >= 15 is 0 Å². The number of hydrogen-bond donors (Lipinski definition) is 3. The van der Waals surface area contributed by atoms with Crippen molar-refractivity contribution in [3.05, 3.63) is 53.1 Å². The Bertz CT molecular complexity index is 1010. The van der Waals surface area contributed by atoms with Crippen molar-refractivity contribution in [2.24, 2.45) is 0 Å². The van der Waals surface area contributed by atoms with E-state index in [1.165, 1.54) is 11.1 Å². The van der Waals surface area contributed by atoms with Crippen molar-refractivity contribution >= 4 is 11.5 Å². The van der Waals surface area contributed by atoms with Crippen LogP contribution in [-0.2, 0) is 12.8 Å². The highest BCUT2D eigenvalue weighted by atomic mass is 16.5. The standard InChI is InChI=1S/C24H29N3O3/c1-3-7-16-8-5-9-18(12-16)25-24-20-13-17-14-21(29-4-2)22(30-11-6-10-28)15-19(17)23(20)26-27-24/h5,8-9,12,14-15,28H,3-4,6-7,10-11,13H2,1-2H3,(H2,25,26,27). The summed E-state index contributed by atoms with van der Waals surface area (Å²) >= 11 is 0. The summed E-state index contributed by atoms with van der Waals surface area (Å²) in [6, 6.07) is 12.6. The maximum absolute atomic E-state index is 9.04. The first kappa shape index (κ1) is 20.3. The molecular weight excluding hydrogens is 378 g/mol. The van der Waals surface area contributed by atoms with Gasteiger partial charge in [0.25, 0.3) is 0 Å². The fraction of sp³-hybridized carbons (Fsp3) is 0.375. The second-order valence-electron chi connectivity index (χ2n) is 7.49. The third kappa shape index (κ3) is 4.14. The van der Waals surface area contributed by atoms with Crippen LogP contribution >= 0.6 is 0 Å². The minimum absolute atomic E-state index is 0.105. The molecule has 0 fully saturated rings. The third-order valence-electron chi connectivity index (χ3n) is 5.26. The van der Waals surface area contributed by atoms with E-state index in [1.807, 2.05) is 13.0 Å². The molecule has 3 aromatic rings. The van der Waals surface area contributed by atoms with E-state index in [1.54, 1.807) is 0 Å². The van der Waals surface area contributed by atoms with Crippen molar-refractivity contribution in [1.29, 1.82) is 0 Å². The maximum atomic E-state index is 9.04. The molecule has 2 aromatic carbocycles. The Hall–Kier alpha value is -2.99. The first-order valence-corrected chi connectivity index (χ1v) is 10.7. The van der Waals surface area contributed by atoms with Crippen LogP contribution in [-0.4, -0.2) is 35.1 Å². The van der Waals surface area contributed by atoms with E-state index in [0.717, 1.165) is 53.3 Å². The first-order chi connectivity index (χ1) is 14.7. The monoisotopic (exact) mass is 407 g/mol. The molecule has 0 amide bonds. The van der Waals surface area contributed by atoms with Gasteiger partial charge in [-0.2, -0.15) is 5.10 Å². The largest absolute Gasteiger partial charge is 0.490 e. The number of aliphatic hydroxyl groups is 1. The zero-order chi connectivity index (χ0) is 20.9. The van der Waals surface area contributed by atoms with E-state index in [-0.39, 0.29) is 6.61 Å². The van der Waals surface area contributed by atoms with Crippen LogP contribution in [0.1, 0.15) is 43.4 Å². The zero-order valence-electron chi connectivity index (χ0n) is 17.6. The van der Waals surface area contributed by atoms with Crippen LogP contribution in [0.3, 0.4) is 0 Å². The lowest BCUT2D eigenvalue weighted by atomic mass is 10.1. The molecule has 1 aliphatic carbocycles. The van der Waals surface area contributed by atoms with Gasteiger partial charge in [-0.3, -0.25) is 5.10 Å². The molecule has 0 bridgehead atoms. The molecule has 1 aromatic heterocycles. The number of aromatic amines is 1. The lowest BCUT2D eigenvalue weighted by molar-refractivity contribution is 0.225. The lowest BCUT2D eigenvalue weighted by Gasteiger charge is -2.14. The Morgan fingerprint density at radius 2 is 2.00 bits per heavy atom. The van der Waals surface area contributed by atoms with Gasteiger partial charge in [-0.15, -0.1) is 0 Å². The van der Waals surface area contributed by atoms with Gasteiger partial charge >= 0.3 is 0 Å². The molecule has 6 nitrogen and oxygen atoms in total. The summed E-state index contributed by atoms with van der Waals surface area (Å²) in [5.41, 5.74) is 6.83. The predicted octanol–water partition coefficient (Wildman–Crippen LogP) is 4.84. The molecular formula is C24H29N3O3. The van der Waals surface area contributed by atoms with E-state index in [4.69, 9.17) is 14.6 Å². The summed E-state index contributed by atoms with van der Waals surface area (Å²) in [6.45, 7) is 5.28. The van der Waals surface area contributed by atoms with Gasteiger partial charge in [0.15, 0.2) is 17.3 Å². The van der Waals surface area contributed by atoms with E-state index in [9.17, 15) is 0 Å². The van der Waals surface area contributed by atoms with Crippen LogP contribution < -0.4 is 14.8 Å². The van der Waals surface area contributed by atoms with Crippen LogP contribution in [0.15, 0.2) is 36.4 Å². The molecule has 0 radical (unpaired) electrons. The topological polar surface area (TPSA) is 79.4 Å². The zero-order valence-corrected chi connectivity index (χ0v) is 17.6. The molecule has 0 saturated carbocycles. The summed E-state index contributed by atoms with van der Waals surface area (Å²) in [5, 5.41) is 20.3. The van der Waals surface area contributed by atoms with Gasteiger partial charge in [-0.1, -0.05) is 25.5 Å². The van der Waals surface area contributed by atoms with Crippen molar-refractivity contribution in [2.45, 2.75) is 39.5 Å². The van der Waals surface area contributed by atoms with Crippen molar-refractivity contribution in [1.82, 2.24) is 10.2 Å². The Morgan fingerprint density at radius 3 is 2.80 bits per heavy atom. The lowest BCUT2D eigenvalue weighted by Crippen LogP contribution is -2.03. The molecule has 1 heterocycles. The summed E-state index contributed by atoms with van der Waals surface area (Å²) in [6.07, 6.45) is 3.57. The number of anilines is 2. The van der Waals surface area contributed by atoms with Gasteiger partial charge in [0, 0.05) is 36.3 Å². The molecule has 30 heavy (non-hydrogen) atoms. The first-order valence-electron chi connectivity index (χ1n) is 10.7. The maximum Gasteiger partial charge on any atom is 0.161 e. The molecule has 1 aliphatic rings. The third-order valence-corrected chi connectivity index (χ3v) is 5.26. The van der Waals surface area contributed by atoms with Gasteiger partial charge in [-0.05, 0) is 48.7 Å². The summed E-state index contributed by atoms with van der Waals surface area (Å²) in [5.74, 6) is 2.30. The average Bonchev–Trinajstić information content (AvgIpc) is 3.29. The van der Waals surface area contributed by atoms with Crippen molar-refractivity contribution in [2.75, 3.05) is 25.1 Å². The summed E-state index contributed by atoms with van der Waals surface area (Å²) in [4.78, 5) is 0. The highest BCUT2D eigenvalue weighted by Crippen LogP contribution is 2.44. The number of nitrogens with one attached hydrogen (secondary N) is 2. The number of aryl methyl sites for hydroxylation is 1. The van der Waals surface area contributed by atoms with Gasteiger partial charge < -0.3 is 19.9 Å². The smallest absolute Gasteiger partial charge is 0.161 e. The van der Waals surface area contributed by atoms with Gasteiger partial charge in [0.1, 0.15) is 0 Å². The number of hydrogen-bond acceptors (Lipinski definition) is 5. The molecule has 0 aliphatic heterocycles. The number of H-pyrrole nitrogens is 1. The number of ether oxygens (including phenoxy) is 2. The highest BCUT2D eigenvalue weighted by molar-refractivity contribution is 5.81. The van der Waals surface area contributed by atoms with Crippen LogP contribution in [0.5, 0.6) is 11.5 Å². The molecule has 3 N–H and O–H groups in total. The number of aliphatic hydroxyl groups excluding tert-OH is 1.